The summed E-state index contributed by atoms with van der Waals surface area (Å²) in [5.74, 6) is 0.0716. The summed E-state index contributed by atoms with van der Waals surface area (Å²) >= 11 is 5.96. The first-order valence-corrected chi connectivity index (χ1v) is 5.03. The minimum atomic E-state index is 0.0716. The van der Waals surface area contributed by atoms with E-state index >= 15 is 0 Å². The largest absolute Gasteiger partial charge is 0.295 e. The first kappa shape index (κ1) is 10.1. The molecule has 0 fully saturated rings. The van der Waals surface area contributed by atoms with E-state index in [1.54, 1.807) is 13.1 Å². The Morgan fingerprint density at radius 1 is 1.40 bits per heavy atom. The van der Waals surface area contributed by atoms with Gasteiger partial charge in [-0.15, -0.1) is 0 Å². The summed E-state index contributed by atoms with van der Waals surface area (Å²) in [6, 6.07) is 5.62. The van der Waals surface area contributed by atoms with E-state index < -0.39 is 0 Å². The molecule has 1 heterocycles. The Morgan fingerprint density at radius 2 is 2.13 bits per heavy atom. The van der Waals surface area contributed by atoms with Crippen LogP contribution in [0.2, 0.25) is 5.15 Å². The molecule has 0 saturated heterocycles. The van der Waals surface area contributed by atoms with E-state index in [9.17, 15) is 4.79 Å². The quantitative estimate of drug-likeness (QED) is 0.544. The number of hydrogen-bond donors (Lipinski definition) is 0. The van der Waals surface area contributed by atoms with Crippen molar-refractivity contribution in [1.82, 2.24) is 4.98 Å². The summed E-state index contributed by atoms with van der Waals surface area (Å²) in [6.07, 6.45) is 1.64. The van der Waals surface area contributed by atoms with Gasteiger partial charge < -0.3 is 0 Å². The lowest BCUT2D eigenvalue weighted by Gasteiger charge is -2.05. The van der Waals surface area contributed by atoms with Crippen LogP contribution in [0.3, 0.4) is 0 Å². The van der Waals surface area contributed by atoms with Crippen molar-refractivity contribution >= 4 is 28.2 Å². The third kappa shape index (κ3) is 1.73. The van der Waals surface area contributed by atoms with Crippen LogP contribution < -0.4 is 0 Å². The molecule has 0 aliphatic heterocycles. The maximum absolute atomic E-state index is 11.3. The van der Waals surface area contributed by atoms with E-state index in [1.165, 1.54) is 0 Å². The fourth-order valence-corrected chi connectivity index (χ4v) is 1.89. The summed E-state index contributed by atoms with van der Waals surface area (Å²) in [5.41, 5.74) is 1.68. The van der Waals surface area contributed by atoms with Crippen LogP contribution in [0.15, 0.2) is 24.4 Å². The molecular formula is C12H10ClNO. The number of aryl methyl sites for hydroxylation is 1. The van der Waals surface area contributed by atoms with Gasteiger partial charge in [-0.3, -0.25) is 4.79 Å². The van der Waals surface area contributed by atoms with E-state index in [0.717, 1.165) is 21.9 Å². The Kier molecular flexibility index (Phi) is 2.45. The minimum Gasteiger partial charge on any atom is -0.295 e. The molecule has 2 aromatic rings. The summed E-state index contributed by atoms with van der Waals surface area (Å²) in [6.45, 7) is 3.47. The number of nitrogens with zero attached hydrogens (tertiary/aromatic N) is 1. The number of rotatable bonds is 1. The highest BCUT2D eigenvalue weighted by molar-refractivity contribution is 6.34. The molecule has 76 valence electrons. The highest BCUT2D eigenvalue weighted by atomic mass is 35.5. The molecule has 0 N–H and O–H groups in total. The van der Waals surface area contributed by atoms with Crippen molar-refractivity contribution in [2.45, 2.75) is 13.8 Å². The Labute approximate surface area is 92.9 Å². The summed E-state index contributed by atoms with van der Waals surface area (Å²) in [5, 5.41) is 2.32. The minimum absolute atomic E-state index is 0.0716. The van der Waals surface area contributed by atoms with Crippen molar-refractivity contribution in [2.24, 2.45) is 0 Å². The molecule has 0 unspecified atom stereocenters. The Balaban J connectivity index is 2.82. The van der Waals surface area contributed by atoms with Gasteiger partial charge in [-0.05, 0) is 43.0 Å². The van der Waals surface area contributed by atoms with Gasteiger partial charge in [0.05, 0.1) is 0 Å². The van der Waals surface area contributed by atoms with Gasteiger partial charge in [0.1, 0.15) is 5.15 Å². The van der Waals surface area contributed by atoms with E-state index in [4.69, 9.17) is 11.6 Å². The van der Waals surface area contributed by atoms with Gasteiger partial charge in [0.25, 0.3) is 0 Å². The van der Waals surface area contributed by atoms with Crippen LogP contribution >= 0.6 is 11.6 Å². The summed E-state index contributed by atoms with van der Waals surface area (Å²) < 4.78 is 0. The fourth-order valence-electron chi connectivity index (χ4n) is 1.67. The first-order valence-electron chi connectivity index (χ1n) is 4.65. The topological polar surface area (TPSA) is 30.0 Å². The number of halogens is 1. The molecule has 3 heteroatoms. The van der Waals surface area contributed by atoms with E-state index in [2.05, 4.69) is 4.98 Å². The second kappa shape index (κ2) is 3.63. The molecular weight excluding hydrogens is 210 g/mol. The molecule has 0 spiro atoms. The number of hydrogen-bond acceptors (Lipinski definition) is 2. The van der Waals surface area contributed by atoms with E-state index in [-0.39, 0.29) is 5.78 Å². The van der Waals surface area contributed by atoms with Crippen LogP contribution in [0.1, 0.15) is 22.8 Å². The summed E-state index contributed by atoms with van der Waals surface area (Å²) in [4.78, 5) is 15.3. The summed E-state index contributed by atoms with van der Waals surface area (Å²) in [7, 11) is 0. The van der Waals surface area contributed by atoms with Gasteiger partial charge in [-0.2, -0.15) is 0 Å². The normalized spacial score (nSPS) is 10.6. The number of fused-ring (bicyclic) bond motifs is 1. The zero-order valence-electron chi connectivity index (χ0n) is 8.54. The van der Waals surface area contributed by atoms with Crippen molar-refractivity contribution in [3.8, 4) is 0 Å². The van der Waals surface area contributed by atoms with Crippen molar-refractivity contribution in [3.63, 3.8) is 0 Å². The van der Waals surface area contributed by atoms with Crippen molar-refractivity contribution < 1.29 is 4.79 Å². The second-order valence-electron chi connectivity index (χ2n) is 3.55. The number of pyridine rings is 1. The van der Waals surface area contributed by atoms with Crippen LogP contribution in [-0.2, 0) is 0 Å². The zero-order chi connectivity index (χ0) is 11.0. The lowest BCUT2D eigenvalue weighted by Crippen LogP contribution is -1.96. The first-order chi connectivity index (χ1) is 7.09. The molecule has 0 bridgehead atoms. The Hall–Kier alpha value is -1.41. The monoisotopic (exact) mass is 219 g/mol. The van der Waals surface area contributed by atoms with Gasteiger partial charge in [-0.1, -0.05) is 11.6 Å². The molecule has 1 aromatic carbocycles. The third-order valence-corrected chi connectivity index (χ3v) is 2.74. The van der Waals surface area contributed by atoms with Crippen molar-refractivity contribution in [2.75, 3.05) is 0 Å². The molecule has 2 rings (SSSR count). The Morgan fingerprint density at radius 3 is 2.80 bits per heavy atom. The van der Waals surface area contributed by atoms with Gasteiger partial charge in [0.15, 0.2) is 5.78 Å². The molecule has 0 aliphatic rings. The number of aromatic nitrogens is 1. The average Bonchev–Trinajstić information content (AvgIpc) is 2.18. The molecule has 1 aromatic heterocycles. The lowest BCUT2D eigenvalue weighted by atomic mass is 10.0. The van der Waals surface area contributed by atoms with Crippen LogP contribution in [0.4, 0.5) is 0 Å². The molecule has 0 radical (unpaired) electrons. The highest BCUT2D eigenvalue weighted by Gasteiger charge is 2.07. The lowest BCUT2D eigenvalue weighted by molar-refractivity contribution is 0.101. The van der Waals surface area contributed by atoms with Crippen LogP contribution in [0.5, 0.6) is 0 Å². The van der Waals surface area contributed by atoms with Crippen LogP contribution in [0.25, 0.3) is 10.8 Å². The van der Waals surface area contributed by atoms with Gasteiger partial charge in [-0.25, -0.2) is 4.98 Å². The Bertz CT molecular complexity index is 549. The van der Waals surface area contributed by atoms with Crippen molar-refractivity contribution in [3.05, 3.63) is 40.7 Å². The second-order valence-corrected chi connectivity index (χ2v) is 3.90. The van der Waals surface area contributed by atoms with Crippen LogP contribution in [0, 0.1) is 6.92 Å². The van der Waals surface area contributed by atoms with E-state index in [0.29, 0.717) is 5.15 Å². The maximum atomic E-state index is 11.3. The van der Waals surface area contributed by atoms with Gasteiger partial charge in [0, 0.05) is 17.1 Å². The molecule has 0 aliphatic carbocycles. The van der Waals surface area contributed by atoms with Crippen molar-refractivity contribution in [1.29, 1.82) is 0 Å². The number of carbonyl (C=O) groups excluding carboxylic acids is 1. The highest BCUT2D eigenvalue weighted by Crippen LogP contribution is 2.24. The third-order valence-electron chi connectivity index (χ3n) is 2.44. The predicted octanol–water partition coefficient (Wildman–Crippen LogP) is 3.40. The SMILES string of the molecule is CC(=O)c1cc2ccnc(Cl)c2cc1C. The van der Waals surface area contributed by atoms with Crippen LogP contribution in [-0.4, -0.2) is 10.8 Å². The van der Waals surface area contributed by atoms with Gasteiger partial charge in [0.2, 0.25) is 0 Å². The fraction of sp³-hybridized carbons (Fsp3) is 0.167. The molecule has 2 nitrogen and oxygen atoms in total. The van der Waals surface area contributed by atoms with E-state index in [1.807, 2.05) is 25.1 Å². The molecule has 0 atom stereocenters. The maximum Gasteiger partial charge on any atom is 0.160 e. The number of Topliss-reactive ketones (excluding diaryl/α,β-unsaturated/α-hetero) is 1. The number of benzene rings is 1. The standard InChI is InChI=1S/C12H10ClNO/c1-7-5-11-9(3-4-14-12(11)13)6-10(7)8(2)15/h3-6H,1-2H3. The zero-order valence-corrected chi connectivity index (χ0v) is 9.30. The smallest absolute Gasteiger partial charge is 0.160 e. The van der Waals surface area contributed by atoms with Gasteiger partial charge >= 0.3 is 0 Å². The average molecular weight is 220 g/mol. The number of carbonyl (C=O) groups is 1. The molecule has 0 amide bonds. The predicted molar refractivity (Wildman–Crippen MR) is 61.5 cm³/mol. The molecule has 15 heavy (non-hydrogen) atoms. The number of ketones is 1. The molecule has 0 saturated carbocycles.